The first kappa shape index (κ1) is 14.1. The monoisotopic (exact) mass is 267 g/mol. The molecule has 0 fully saturated rings. The fraction of sp³-hybridized carbons (Fsp3) is 0.250. The van der Waals surface area contributed by atoms with Crippen molar-refractivity contribution >= 4 is 23.0 Å². The number of thiocarbonyl (C=S) groups is 1. The summed E-state index contributed by atoms with van der Waals surface area (Å²) in [6.45, 7) is 1.90. The van der Waals surface area contributed by atoms with Crippen LogP contribution < -0.4 is 26.1 Å². The van der Waals surface area contributed by atoms with Crippen molar-refractivity contribution in [1.82, 2.24) is 10.9 Å². The van der Waals surface area contributed by atoms with E-state index in [4.69, 9.17) is 27.4 Å². The van der Waals surface area contributed by atoms with Crippen LogP contribution in [0.25, 0.3) is 5.70 Å². The van der Waals surface area contributed by atoms with Gasteiger partial charge in [-0.2, -0.15) is 0 Å². The summed E-state index contributed by atoms with van der Waals surface area (Å²) in [6.07, 6.45) is 1.90. The van der Waals surface area contributed by atoms with Gasteiger partial charge in [0, 0.05) is 5.56 Å². The molecule has 0 saturated heterocycles. The first-order valence-electron chi connectivity index (χ1n) is 5.32. The summed E-state index contributed by atoms with van der Waals surface area (Å²) in [5, 5.41) is 0.176. The third-order valence-corrected chi connectivity index (χ3v) is 2.41. The number of allylic oxidation sites excluding steroid dienone is 1. The van der Waals surface area contributed by atoms with E-state index in [0.29, 0.717) is 11.5 Å². The number of ether oxygens (including phenoxy) is 2. The zero-order chi connectivity index (χ0) is 13.5. The van der Waals surface area contributed by atoms with E-state index in [0.717, 1.165) is 11.3 Å². The molecule has 1 aromatic carbocycles. The van der Waals surface area contributed by atoms with Crippen molar-refractivity contribution in [3.8, 4) is 11.5 Å². The van der Waals surface area contributed by atoms with Gasteiger partial charge in [-0.1, -0.05) is 6.08 Å². The van der Waals surface area contributed by atoms with Gasteiger partial charge in [0.1, 0.15) is 0 Å². The molecule has 0 radical (unpaired) electrons. The molecule has 0 bridgehead atoms. The Morgan fingerprint density at radius 1 is 1.22 bits per heavy atom. The van der Waals surface area contributed by atoms with Crippen LogP contribution in [0.5, 0.6) is 11.5 Å². The second kappa shape index (κ2) is 6.70. The minimum absolute atomic E-state index is 0.176. The van der Waals surface area contributed by atoms with Gasteiger partial charge < -0.3 is 15.2 Å². The van der Waals surface area contributed by atoms with Crippen molar-refractivity contribution in [1.29, 1.82) is 0 Å². The number of rotatable bonds is 5. The molecule has 0 amide bonds. The van der Waals surface area contributed by atoms with E-state index in [1.165, 1.54) is 0 Å². The molecule has 18 heavy (non-hydrogen) atoms. The molecule has 1 rings (SSSR count). The van der Waals surface area contributed by atoms with E-state index in [2.05, 4.69) is 10.9 Å². The van der Waals surface area contributed by atoms with Gasteiger partial charge in [0.25, 0.3) is 0 Å². The molecule has 6 heteroatoms. The van der Waals surface area contributed by atoms with Gasteiger partial charge in [-0.3, -0.25) is 10.9 Å². The summed E-state index contributed by atoms with van der Waals surface area (Å²) >= 11 is 4.73. The van der Waals surface area contributed by atoms with Crippen LogP contribution in [-0.4, -0.2) is 19.3 Å². The number of hydrogen-bond acceptors (Lipinski definition) is 4. The molecule has 0 aromatic heterocycles. The topological polar surface area (TPSA) is 68.5 Å². The predicted molar refractivity (Wildman–Crippen MR) is 76.3 cm³/mol. The zero-order valence-corrected chi connectivity index (χ0v) is 11.4. The van der Waals surface area contributed by atoms with Crippen LogP contribution in [0, 0.1) is 0 Å². The molecule has 0 aliphatic carbocycles. The van der Waals surface area contributed by atoms with Crippen molar-refractivity contribution in [2.75, 3.05) is 14.2 Å². The third kappa shape index (κ3) is 3.53. The van der Waals surface area contributed by atoms with Gasteiger partial charge in [0.15, 0.2) is 16.6 Å². The first-order valence-corrected chi connectivity index (χ1v) is 5.73. The Labute approximate surface area is 112 Å². The summed E-state index contributed by atoms with van der Waals surface area (Å²) in [5.41, 5.74) is 12.7. The highest BCUT2D eigenvalue weighted by Crippen LogP contribution is 2.29. The third-order valence-electron chi connectivity index (χ3n) is 2.30. The SMILES string of the molecule is C/C=C(\NNC(N)=S)c1ccc(OC)c(OC)c1. The fourth-order valence-electron chi connectivity index (χ4n) is 1.44. The summed E-state index contributed by atoms with van der Waals surface area (Å²) in [5.74, 6) is 1.34. The number of methoxy groups -OCH3 is 2. The highest BCUT2D eigenvalue weighted by Gasteiger charge is 2.07. The normalized spacial score (nSPS) is 10.7. The van der Waals surface area contributed by atoms with E-state index in [9.17, 15) is 0 Å². The lowest BCUT2D eigenvalue weighted by Gasteiger charge is -2.14. The largest absolute Gasteiger partial charge is 0.493 e. The Morgan fingerprint density at radius 3 is 2.39 bits per heavy atom. The minimum atomic E-state index is 0.176. The Kier molecular flexibility index (Phi) is 5.26. The van der Waals surface area contributed by atoms with E-state index < -0.39 is 0 Å². The van der Waals surface area contributed by atoms with E-state index in [1.54, 1.807) is 14.2 Å². The molecular formula is C12H17N3O2S. The molecular weight excluding hydrogens is 250 g/mol. The summed E-state index contributed by atoms with van der Waals surface area (Å²) < 4.78 is 10.4. The maximum absolute atomic E-state index is 5.36. The second-order valence-corrected chi connectivity index (χ2v) is 3.83. The predicted octanol–water partition coefficient (Wildman–Crippen LogP) is 1.40. The van der Waals surface area contributed by atoms with E-state index in [1.807, 2.05) is 31.2 Å². The number of nitrogens with one attached hydrogen (secondary N) is 2. The Balaban J connectivity index is 2.97. The fourth-order valence-corrected chi connectivity index (χ4v) is 1.49. The minimum Gasteiger partial charge on any atom is -0.493 e. The lowest BCUT2D eigenvalue weighted by Crippen LogP contribution is -2.39. The molecule has 0 aliphatic rings. The molecule has 0 saturated carbocycles. The van der Waals surface area contributed by atoms with Crippen LogP contribution in [0.4, 0.5) is 0 Å². The van der Waals surface area contributed by atoms with Crippen molar-refractivity contribution in [3.05, 3.63) is 29.8 Å². The maximum Gasteiger partial charge on any atom is 0.182 e. The Bertz CT molecular complexity index is 461. The summed E-state index contributed by atoms with van der Waals surface area (Å²) in [7, 11) is 3.19. The van der Waals surface area contributed by atoms with E-state index >= 15 is 0 Å². The van der Waals surface area contributed by atoms with Crippen molar-refractivity contribution < 1.29 is 9.47 Å². The summed E-state index contributed by atoms with van der Waals surface area (Å²) in [4.78, 5) is 0. The molecule has 1 aromatic rings. The molecule has 0 heterocycles. The van der Waals surface area contributed by atoms with Crippen molar-refractivity contribution in [2.24, 2.45) is 5.73 Å². The van der Waals surface area contributed by atoms with Gasteiger partial charge in [-0.25, -0.2) is 0 Å². The molecule has 0 atom stereocenters. The van der Waals surface area contributed by atoms with Crippen LogP contribution in [0.15, 0.2) is 24.3 Å². The number of benzene rings is 1. The summed E-state index contributed by atoms with van der Waals surface area (Å²) in [6, 6.07) is 5.60. The van der Waals surface area contributed by atoms with Gasteiger partial charge in [0.05, 0.1) is 19.9 Å². The molecule has 5 nitrogen and oxygen atoms in total. The maximum atomic E-state index is 5.36. The average Bonchev–Trinajstić information content (AvgIpc) is 2.38. The van der Waals surface area contributed by atoms with Crippen molar-refractivity contribution in [3.63, 3.8) is 0 Å². The highest BCUT2D eigenvalue weighted by molar-refractivity contribution is 7.80. The second-order valence-electron chi connectivity index (χ2n) is 3.39. The quantitative estimate of drug-likeness (QED) is 0.553. The van der Waals surface area contributed by atoms with Crippen LogP contribution in [0.3, 0.4) is 0 Å². The lowest BCUT2D eigenvalue weighted by molar-refractivity contribution is 0.355. The number of nitrogens with two attached hydrogens (primary N) is 1. The van der Waals surface area contributed by atoms with E-state index in [-0.39, 0.29) is 5.11 Å². The smallest absolute Gasteiger partial charge is 0.182 e. The lowest BCUT2D eigenvalue weighted by atomic mass is 10.1. The number of hydrazine groups is 1. The molecule has 0 aliphatic heterocycles. The standard InChI is InChI=1S/C12H17N3O2S/c1-4-9(14-15-12(13)18)8-5-6-10(16-2)11(7-8)17-3/h4-7,14H,1-3H3,(H3,13,15,18)/b9-4-. The molecule has 0 spiro atoms. The Morgan fingerprint density at radius 2 is 1.89 bits per heavy atom. The Hall–Kier alpha value is -1.95. The molecule has 98 valence electrons. The zero-order valence-electron chi connectivity index (χ0n) is 10.6. The highest BCUT2D eigenvalue weighted by atomic mass is 32.1. The van der Waals surface area contributed by atoms with Gasteiger partial charge in [-0.05, 0) is 37.3 Å². The number of hydrogen-bond donors (Lipinski definition) is 3. The van der Waals surface area contributed by atoms with Gasteiger partial charge in [0.2, 0.25) is 0 Å². The van der Waals surface area contributed by atoms with Gasteiger partial charge >= 0.3 is 0 Å². The van der Waals surface area contributed by atoms with Crippen molar-refractivity contribution in [2.45, 2.75) is 6.92 Å². The molecule has 4 N–H and O–H groups in total. The average molecular weight is 267 g/mol. The van der Waals surface area contributed by atoms with Gasteiger partial charge in [-0.15, -0.1) is 0 Å². The van der Waals surface area contributed by atoms with Crippen LogP contribution in [0.2, 0.25) is 0 Å². The molecule has 0 unspecified atom stereocenters. The first-order chi connectivity index (χ1) is 8.62. The van der Waals surface area contributed by atoms with Crippen LogP contribution in [-0.2, 0) is 0 Å². The van der Waals surface area contributed by atoms with Crippen LogP contribution in [0.1, 0.15) is 12.5 Å². The van der Waals surface area contributed by atoms with Crippen LogP contribution >= 0.6 is 12.2 Å².